The second-order valence-electron chi connectivity index (χ2n) is 4.62. The van der Waals surface area contributed by atoms with Crippen molar-refractivity contribution in [2.24, 2.45) is 11.7 Å². The third-order valence-electron chi connectivity index (χ3n) is 3.31. The molecule has 106 valence electrons. The van der Waals surface area contributed by atoms with Crippen LogP contribution in [-0.4, -0.2) is 30.4 Å². The van der Waals surface area contributed by atoms with Crippen molar-refractivity contribution >= 4 is 29.9 Å². The van der Waals surface area contributed by atoms with Crippen molar-refractivity contribution < 1.29 is 9.18 Å². The van der Waals surface area contributed by atoms with E-state index in [0.717, 1.165) is 19.4 Å². The van der Waals surface area contributed by atoms with Gasteiger partial charge in [0.05, 0.1) is 5.02 Å². The molecule has 1 aliphatic heterocycles. The van der Waals surface area contributed by atoms with Crippen LogP contribution in [0.4, 0.5) is 4.39 Å². The topological polar surface area (TPSA) is 46.3 Å². The lowest BCUT2D eigenvalue weighted by atomic mass is 9.97. The molecule has 2 N–H and O–H groups in total. The molecule has 0 aliphatic carbocycles. The first-order chi connectivity index (χ1) is 8.61. The van der Waals surface area contributed by atoms with Crippen LogP contribution in [0.15, 0.2) is 18.2 Å². The van der Waals surface area contributed by atoms with E-state index in [9.17, 15) is 9.18 Å². The van der Waals surface area contributed by atoms with Crippen molar-refractivity contribution in [1.29, 1.82) is 0 Å². The zero-order valence-corrected chi connectivity index (χ0v) is 12.0. The van der Waals surface area contributed by atoms with E-state index in [1.807, 2.05) is 0 Å². The Morgan fingerprint density at radius 2 is 2.26 bits per heavy atom. The van der Waals surface area contributed by atoms with Crippen molar-refractivity contribution in [1.82, 2.24) is 4.90 Å². The van der Waals surface area contributed by atoms with Crippen LogP contribution in [0.25, 0.3) is 0 Å². The third kappa shape index (κ3) is 3.81. The number of hydrogen-bond acceptors (Lipinski definition) is 2. The lowest BCUT2D eigenvalue weighted by Gasteiger charge is -2.32. The summed E-state index contributed by atoms with van der Waals surface area (Å²) in [6.45, 7) is 1.99. The van der Waals surface area contributed by atoms with Gasteiger partial charge in [0.1, 0.15) is 5.82 Å². The van der Waals surface area contributed by atoms with E-state index in [4.69, 9.17) is 17.3 Å². The Kier molecular flexibility index (Phi) is 6.04. The molecular weight excluding hydrogens is 290 g/mol. The van der Waals surface area contributed by atoms with Crippen molar-refractivity contribution in [3.63, 3.8) is 0 Å². The number of amides is 1. The average Bonchev–Trinajstić information content (AvgIpc) is 2.41. The molecule has 1 aromatic rings. The van der Waals surface area contributed by atoms with Gasteiger partial charge in [0.2, 0.25) is 0 Å². The minimum atomic E-state index is -0.508. The summed E-state index contributed by atoms with van der Waals surface area (Å²) in [5.74, 6) is -0.250. The van der Waals surface area contributed by atoms with Crippen LogP contribution in [0.3, 0.4) is 0 Å². The molecule has 0 saturated carbocycles. The van der Waals surface area contributed by atoms with E-state index in [-0.39, 0.29) is 23.3 Å². The molecular formula is C13H17Cl2FN2O. The summed E-state index contributed by atoms with van der Waals surface area (Å²) in [7, 11) is 0. The van der Waals surface area contributed by atoms with Crippen molar-refractivity contribution in [2.45, 2.75) is 12.8 Å². The molecule has 3 nitrogen and oxygen atoms in total. The summed E-state index contributed by atoms with van der Waals surface area (Å²) < 4.78 is 13.0. The number of carbonyl (C=O) groups excluding carboxylic acids is 1. The second-order valence-corrected chi connectivity index (χ2v) is 5.03. The van der Waals surface area contributed by atoms with Gasteiger partial charge in [-0.1, -0.05) is 11.6 Å². The number of nitrogens with two attached hydrogens (primary N) is 1. The van der Waals surface area contributed by atoms with Gasteiger partial charge in [-0.3, -0.25) is 4.79 Å². The molecule has 1 fully saturated rings. The second kappa shape index (κ2) is 7.08. The molecule has 6 heteroatoms. The lowest BCUT2D eigenvalue weighted by Crippen LogP contribution is -2.42. The highest BCUT2D eigenvalue weighted by Gasteiger charge is 2.23. The lowest BCUT2D eigenvalue weighted by molar-refractivity contribution is 0.0678. The van der Waals surface area contributed by atoms with E-state index in [0.29, 0.717) is 24.6 Å². The summed E-state index contributed by atoms with van der Waals surface area (Å²) >= 11 is 5.69. The Bertz CT molecular complexity index is 456. The smallest absolute Gasteiger partial charge is 0.253 e. The first kappa shape index (κ1) is 16.2. The maximum atomic E-state index is 13.0. The SMILES string of the molecule is Cl.NCC1CCCN(C(=O)c2ccc(F)c(Cl)c2)C1. The molecule has 1 atom stereocenters. The molecule has 0 radical (unpaired) electrons. The predicted octanol–water partition coefficient (Wildman–Crippen LogP) is 2.71. The van der Waals surface area contributed by atoms with E-state index < -0.39 is 5.82 Å². The molecule has 0 aromatic heterocycles. The fourth-order valence-electron chi connectivity index (χ4n) is 2.25. The van der Waals surface area contributed by atoms with Gasteiger partial charge in [-0.2, -0.15) is 0 Å². The number of halogens is 3. The molecule has 1 saturated heterocycles. The van der Waals surface area contributed by atoms with Crippen molar-refractivity contribution in [3.8, 4) is 0 Å². The van der Waals surface area contributed by atoms with Gasteiger partial charge in [-0.15, -0.1) is 12.4 Å². The van der Waals surface area contributed by atoms with Crippen LogP contribution in [0.5, 0.6) is 0 Å². The van der Waals surface area contributed by atoms with Gasteiger partial charge in [0, 0.05) is 18.7 Å². The number of carbonyl (C=O) groups is 1. The van der Waals surface area contributed by atoms with Gasteiger partial charge in [-0.25, -0.2) is 4.39 Å². The fourth-order valence-corrected chi connectivity index (χ4v) is 2.43. The molecule has 1 unspecified atom stereocenters. The Hall–Kier alpha value is -0.840. The molecule has 19 heavy (non-hydrogen) atoms. The Labute approximate surface area is 123 Å². The van der Waals surface area contributed by atoms with Crippen LogP contribution >= 0.6 is 24.0 Å². The highest BCUT2D eigenvalue weighted by Crippen LogP contribution is 2.20. The summed E-state index contributed by atoms with van der Waals surface area (Å²) in [6, 6.07) is 4.07. The van der Waals surface area contributed by atoms with Gasteiger partial charge >= 0.3 is 0 Å². The van der Waals surface area contributed by atoms with Gasteiger partial charge < -0.3 is 10.6 Å². The average molecular weight is 307 g/mol. The van der Waals surface area contributed by atoms with Crippen LogP contribution < -0.4 is 5.73 Å². The van der Waals surface area contributed by atoms with Crippen molar-refractivity contribution in [3.05, 3.63) is 34.6 Å². The molecule has 1 amide bonds. The number of rotatable bonds is 2. The molecule has 1 aromatic carbocycles. The number of likely N-dealkylation sites (tertiary alicyclic amines) is 1. The van der Waals surface area contributed by atoms with Crippen LogP contribution in [0.2, 0.25) is 5.02 Å². The highest BCUT2D eigenvalue weighted by atomic mass is 35.5. The van der Waals surface area contributed by atoms with Gasteiger partial charge in [0.25, 0.3) is 5.91 Å². The van der Waals surface area contributed by atoms with Gasteiger partial charge in [0.15, 0.2) is 0 Å². The van der Waals surface area contributed by atoms with E-state index >= 15 is 0 Å². The number of nitrogens with zero attached hydrogens (tertiary/aromatic N) is 1. The number of benzene rings is 1. The first-order valence-corrected chi connectivity index (χ1v) is 6.44. The predicted molar refractivity (Wildman–Crippen MR) is 76.3 cm³/mol. The highest BCUT2D eigenvalue weighted by molar-refractivity contribution is 6.31. The number of piperidine rings is 1. The Balaban J connectivity index is 0.00000180. The Morgan fingerprint density at radius 3 is 2.89 bits per heavy atom. The van der Waals surface area contributed by atoms with Crippen molar-refractivity contribution in [2.75, 3.05) is 19.6 Å². The minimum Gasteiger partial charge on any atom is -0.338 e. The maximum absolute atomic E-state index is 13.0. The maximum Gasteiger partial charge on any atom is 0.253 e. The van der Waals surface area contributed by atoms with Gasteiger partial charge in [-0.05, 0) is 43.5 Å². The standard InChI is InChI=1S/C13H16ClFN2O.ClH/c14-11-6-10(3-4-12(11)15)13(18)17-5-1-2-9(7-16)8-17;/h3-4,6,9H,1-2,5,7-8,16H2;1H. The molecule has 0 bridgehead atoms. The summed E-state index contributed by atoms with van der Waals surface area (Å²) in [6.07, 6.45) is 2.02. The third-order valence-corrected chi connectivity index (χ3v) is 3.60. The fraction of sp³-hybridized carbons (Fsp3) is 0.462. The molecule has 0 spiro atoms. The zero-order chi connectivity index (χ0) is 13.1. The quantitative estimate of drug-likeness (QED) is 0.913. The zero-order valence-electron chi connectivity index (χ0n) is 10.4. The first-order valence-electron chi connectivity index (χ1n) is 6.06. The summed E-state index contributed by atoms with van der Waals surface area (Å²) in [5, 5.41) is -0.0202. The van der Waals surface area contributed by atoms with Crippen LogP contribution in [0.1, 0.15) is 23.2 Å². The minimum absolute atomic E-state index is 0. The van der Waals surface area contributed by atoms with E-state index in [1.165, 1.54) is 18.2 Å². The van der Waals surface area contributed by atoms with Crippen LogP contribution in [0, 0.1) is 11.7 Å². The molecule has 1 heterocycles. The largest absolute Gasteiger partial charge is 0.338 e. The normalized spacial score (nSPS) is 18.9. The summed E-state index contributed by atoms with van der Waals surface area (Å²) in [4.78, 5) is 14.0. The van der Waals surface area contributed by atoms with E-state index in [2.05, 4.69) is 0 Å². The molecule has 1 aliphatic rings. The summed E-state index contributed by atoms with van der Waals surface area (Å²) in [5.41, 5.74) is 6.07. The molecule has 2 rings (SSSR count). The van der Waals surface area contributed by atoms with Crippen LogP contribution in [-0.2, 0) is 0 Å². The Morgan fingerprint density at radius 1 is 1.53 bits per heavy atom. The van der Waals surface area contributed by atoms with E-state index in [1.54, 1.807) is 4.90 Å². The number of hydrogen-bond donors (Lipinski definition) is 1. The monoisotopic (exact) mass is 306 g/mol.